The predicted octanol–water partition coefficient (Wildman–Crippen LogP) is 5.83. The van der Waals surface area contributed by atoms with Crippen molar-refractivity contribution in [1.82, 2.24) is 9.13 Å². The number of allylic oxidation sites excluding steroid dienone is 1. The highest BCUT2D eigenvalue weighted by Crippen LogP contribution is 2.40. The Morgan fingerprint density at radius 1 is 1.00 bits per heavy atom. The summed E-state index contributed by atoms with van der Waals surface area (Å²) in [6.07, 6.45) is 1.86. The fourth-order valence-electron chi connectivity index (χ4n) is 6.30. The third kappa shape index (κ3) is 5.23. The SMILES string of the molecule is CCOC(=O)C1=C(C)N=c2s/c(=C\c3cc(C)n(-c4sc(C)c(C)c4C(=O)OC)c3C)c(=O)n2[C@@H]1c1c(OC)ccc2ccccc12. The van der Waals surface area contributed by atoms with Gasteiger partial charge >= 0.3 is 11.9 Å². The topological polar surface area (TPSA) is 101 Å². The van der Waals surface area contributed by atoms with Gasteiger partial charge in [-0.15, -0.1) is 11.3 Å². The van der Waals surface area contributed by atoms with Gasteiger partial charge in [0, 0.05) is 21.8 Å². The first-order chi connectivity index (χ1) is 22.5. The fourth-order valence-corrected chi connectivity index (χ4v) is 8.59. The van der Waals surface area contributed by atoms with Crippen LogP contribution < -0.4 is 19.6 Å². The molecule has 0 N–H and O–H groups in total. The highest BCUT2D eigenvalue weighted by Gasteiger charge is 2.36. The van der Waals surface area contributed by atoms with Crippen molar-refractivity contribution in [1.29, 1.82) is 0 Å². The Labute approximate surface area is 279 Å². The van der Waals surface area contributed by atoms with Gasteiger partial charge in [-0.3, -0.25) is 9.36 Å². The zero-order chi connectivity index (χ0) is 33.7. The van der Waals surface area contributed by atoms with Gasteiger partial charge in [-0.25, -0.2) is 14.6 Å². The lowest BCUT2D eigenvalue weighted by Crippen LogP contribution is -2.40. The number of aromatic nitrogens is 2. The summed E-state index contributed by atoms with van der Waals surface area (Å²) >= 11 is 2.79. The first-order valence-corrected chi connectivity index (χ1v) is 16.8. The number of fused-ring (bicyclic) bond motifs is 2. The summed E-state index contributed by atoms with van der Waals surface area (Å²) < 4.78 is 20.6. The van der Waals surface area contributed by atoms with E-state index in [9.17, 15) is 14.4 Å². The van der Waals surface area contributed by atoms with Crippen LogP contribution in [0.25, 0.3) is 21.8 Å². The van der Waals surface area contributed by atoms with E-state index in [0.717, 1.165) is 43.2 Å². The van der Waals surface area contributed by atoms with E-state index < -0.39 is 12.0 Å². The van der Waals surface area contributed by atoms with Crippen LogP contribution in [0, 0.1) is 27.7 Å². The van der Waals surface area contributed by atoms with Crippen LogP contribution in [0.4, 0.5) is 0 Å². The number of aryl methyl sites for hydroxylation is 2. The minimum absolute atomic E-state index is 0.177. The molecule has 0 amide bonds. The maximum Gasteiger partial charge on any atom is 0.341 e. The Balaban J connectivity index is 1.60. The molecule has 2 aromatic carbocycles. The molecule has 3 aromatic heterocycles. The molecule has 1 aliphatic heterocycles. The second-order valence-electron chi connectivity index (χ2n) is 11.3. The first-order valence-electron chi connectivity index (χ1n) is 15.1. The summed E-state index contributed by atoms with van der Waals surface area (Å²) in [5, 5.41) is 2.58. The molecule has 5 aromatic rings. The molecule has 242 valence electrons. The lowest BCUT2D eigenvalue weighted by atomic mass is 9.90. The minimum Gasteiger partial charge on any atom is -0.496 e. The number of nitrogens with zero attached hydrogens (tertiary/aromatic N) is 3. The van der Waals surface area contributed by atoms with Gasteiger partial charge in [0.2, 0.25) is 0 Å². The van der Waals surface area contributed by atoms with Gasteiger partial charge in [0.05, 0.1) is 42.2 Å². The Bertz CT molecular complexity index is 2320. The van der Waals surface area contributed by atoms with Gasteiger partial charge in [-0.1, -0.05) is 41.7 Å². The van der Waals surface area contributed by atoms with Crippen molar-refractivity contribution in [2.45, 2.75) is 47.6 Å². The molecule has 4 heterocycles. The van der Waals surface area contributed by atoms with Crippen molar-refractivity contribution >= 4 is 51.5 Å². The largest absolute Gasteiger partial charge is 0.496 e. The number of methoxy groups -OCH3 is 2. The highest BCUT2D eigenvalue weighted by molar-refractivity contribution is 7.15. The number of esters is 2. The van der Waals surface area contributed by atoms with Crippen molar-refractivity contribution in [3.8, 4) is 10.8 Å². The van der Waals surface area contributed by atoms with Gasteiger partial charge in [-0.2, -0.15) is 0 Å². The molecule has 1 aliphatic rings. The van der Waals surface area contributed by atoms with Crippen molar-refractivity contribution < 1.29 is 23.8 Å². The van der Waals surface area contributed by atoms with E-state index in [2.05, 4.69) is 0 Å². The number of thiazole rings is 1. The summed E-state index contributed by atoms with van der Waals surface area (Å²) in [5.74, 6) is -0.373. The maximum atomic E-state index is 14.5. The normalized spacial score (nSPS) is 14.7. The average Bonchev–Trinajstić information content (AvgIpc) is 3.63. The summed E-state index contributed by atoms with van der Waals surface area (Å²) in [5.41, 5.74) is 5.20. The number of ether oxygens (including phenoxy) is 3. The van der Waals surface area contributed by atoms with Crippen LogP contribution in [-0.4, -0.2) is 41.9 Å². The molecule has 0 saturated carbocycles. The Hall–Kier alpha value is -4.74. The molecule has 0 spiro atoms. The number of carbonyl (C=O) groups excluding carboxylic acids is 2. The molecule has 6 rings (SSSR count). The van der Waals surface area contributed by atoms with Crippen LogP contribution in [0.15, 0.2) is 63.5 Å². The second kappa shape index (κ2) is 12.5. The molecular formula is C36H35N3O6S2. The van der Waals surface area contributed by atoms with Crippen LogP contribution in [0.3, 0.4) is 0 Å². The van der Waals surface area contributed by atoms with Crippen molar-refractivity contribution in [3.63, 3.8) is 0 Å². The maximum absolute atomic E-state index is 14.5. The molecule has 47 heavy (non-hydrogen) atoms. The zero-order valence-corrected chi connectivity index (χ0v) is 29.1. The average molecular weight is 670 g/mol. The molecule has 9 nitrogen and oxygen atoms in total. The van der Waals surface area contributed by atoms with E-state index in [1.165, 1.54) is 29.8 Å². The lowest BCUT2D eigenvalue weighted by molar-refractivity contribution is -0.139. The molecule has 0 bridgehead atoms. The van der Waals surface area contributed by atoms with Gasteiger partial charge in [-0.05, 0) is 81.7 Å². The first kappa shape index (κ1) is 32.2. The highest BCUT2D eigenvalue weighted by atomic mass is 32.1. The number of benzene rings is 2. The second-order valence-corrected chi connectivity index (χ2v) is 13.5. The van der Waals surface area contributed by atoms with Gasteiger partial charge < -0.3 is 18.8 Å². The standard InChI is InChI=1S/C36H35N3O6S2/c1-9-45-35(42)29-20(4)37-36-39(31(29)30-25-13-11-10-12-23(25)14-15-26(30)43-7)32(40)27(47-36)17-24-16-18(2)38(21(24)5)33-28(34(41)44-8)19(3)22(6)46-33/h10-17,31H,9H2,1-8H3/b27-17-/t31-/m0/s1. The third-order valence-corrected chi connectivity index (χ3v) is 10.8. The summed E-state index contributed by atoms with van der Waals surface area (Å²) in [6.45, 7) is 11.5. The van der Waals surface area contributed by atoms with Crippen LogP contribution in [-0.2, 0) is 14.3 Å². The van der Waals surface area contributed by atoms with Crippen LogP contribution in [0.2, 0.25) is 0 Å². The molecule has 0 radical (unpaired) electrons. The number of rotatable bonds is 7. The van der Waals surface area contributed by atoms with Crippen LogP contribution in [0.5, 0.6) is 5.75 Å². The quantitative estimate of drug-likeness (QED) is 0.202. The fraction of sp³-hybridized carbons (Fsp3) is 0.278. The molecule has 1 atom stereocenters. The molecule has 11 heteroatoms. The molecule has 0 aliphatic carbocycles. The minimum atomic E-state index is -0.833. The van der Waals surface area contributed by atoms with Crippen LogP contribution in [0.1, 0.15) is 63.2 Å². The van der Waals surface area contributed by atoms with Crippen molar-refractivity contribution in [2.24, 2.45) is 4.99 Å². The predicted molar refractivity (Wildman–Crippen MR) is 185 cm³/mol. The summed E-state index contributed by atoms with van der Waals surface area (Å²) in [4.78, 5) is 47.1. The van der Waals surface area contributed by atoms with E-state index in [-0.39, 0.29) is 23.7 Å². The van der Waals surface area contributed by atoms with Crippen molar-refractivity contribution in [2.75, 3.05) is 20.8 Å². The van der Waals surface area contributed by atoms with Crippen molar-refractivity contribution in [3.05, 3.63) is 112 Å². The van der Waals surface area contributed by atoms with Gasteiger partial charge in [0.15, 0.2) is 4.80 Å². The number of thiophene rings is 1. The van der Waals surface area contributed by atoms with E-state index >= 15 is 0 Å². The van der Waals surface area contributed by atoms with Crippen LogP contribution >= 0.6 is 22.7 Å². The molecule has 0 fully saturated rings. The Morgan fingerprint density at radius 2 is 1.74 bits per heavy atom. The number of hydrogen-bond donors (Lipinski definition) is 0. The molecule has 0 saturated heterocycles. The third-order valence-electron chi connectivity index (χ3n) is 8.66. The summed E-state index contributed by atoms with van der Waals surface area (Å²) in [6, 6.07) is 12.8. The summed E-state index contributed by atoms with van der Waals surface area (Å²) in [7, 11) is 2.96. The smallest absolute Gasteiger partial charge is 0.341 e. The van der Waals surface area contributed by atoms with Gasteiger partial charge in [0.25, 0.3) is 5.56 Å². The Morgan fingerprint density at radius 3 is 2.45 bits per heavy atom. The Kier molecular flexibility index (Phi) is 8.54. The van der Waals surface area contributed by atoms with Gasteiger partial charge in [0.1, 0.15) is 16.8 Å². The zero-order valence-electron chi connectivity index (χ0n) is 27.5. The monoisotopic (exact) mass is 669 g/mol. The van der Waals surface area contributed by atoms with E-state index in [4.69, 9.17) is 19.2 Å². The van der Waals surface area contributed by atoms with E-state index in [1.54, 1.807) is 25.5 Å². The number of hydrogen-bond acceptors (Lipinski definition) is 9. The van der Waals surface area contributed by atoms with E-state index in [0.29, 0.717) is 31.9 Å². The number of carbonyl (C=O) groups is 2. The molecule has 0 unspecified atom stereocenters. The molecular weight excluding hydrogens is 635 g/mol. The van der Waals surface area contributed by atoms with E-state index in [1.807, 2.05) is 80.8 Å². The lowest BCUT2D eigenvalue weighted by Gasteiger charge is -2.27.